The molecule has 0 saturated heterocycles. The molecule has 2 aromatic carbocycles. The smallest absolute Gasteiger partial charge is 0.124 e. The number of aryl methyl sites for hydroxylation is 1. The lowest BCUT2D eigenvalue weighted by molar-refractivity contribution is 0.477. The number of pyridine rings is 1. The lowest BCUT2D eigenvalue weighted by Gasteiger charge is -2.13. The zero-order valence-corrected chi connectivity index (χ0v) is 15.9. The van der Waals surface area contributed by atoms with E-state index in [2.05, 4.69) is 52.9 Å². The van der Waals surface area contributed by atoms with Crippen LogP contribution in [0.5, 0.6) is 5.75 Å². The Bertz CT molecular complexity index is 1070. The highest BCUT2D eigenvalue weighted by Crippen LogP contribution is 2.41. The Balaban J connectivity index is 1.87. The molecule has 0 aliphatic heterocycles. The van der Waals surface area contributed by atoms with Gasteiger partial charge in [-0.15, -0.1) is 11.3 Å². The molecule has 3 nitrogen and oxygen atoms in total. The number of rotatable bonds is 5. The van der Waals surface area contributed by atoms with Crippen LogP contribution in [0.25, 0.3) is 32.1 Å². The van der Waals surface area contributed by atoms with Gasteiger partial charge in [0.2, 0.25) is 0 Å². The fourth-order valence-corrected chi connectivity index (χ4v) is 4.27. The standard InChI is InChI=1S/C22H22N2OS/c1-3-23-10-8-15-4-6-16(7-5-15)20-18(25)12-14(2)22-21(20)17-9-11-26-19(17)13-24-22/h4-7,9,11-13,23,25H,3,8,10H2,1-2H3. The van der Waals surface area contributed by atoms with E-state index in [1.165, 1.54) is 5.56 Å². The Kier molecular flexibility index (Phi) is 4.62. The number of nitrogens with one attached hydrogen (secondary N) is 1. The Morgan fingerprint density at radius 2 is 1.96 bits per heavy atom. The van der Waals surface area contributed by atoms with E-state index in [0.29, 0.717) is 5.75 Å². The molecule has 0 saturated carbocycles. The van der Waals surface area contributed by atoms with Crippen LogP contribution in [0, 0.1) is 6.92 Å². The van der Waals surface area contributed by atoms with Gasteiger partial charge in [-0.3, -0.25) is 4.98 Å². The van der Waals surface area contributed by atoms with E-state index < -0.39 is 0 Å². The molecule has 2 aromatic heterocycles. The molecule has 0 bridgehead atoms. The summed E-state index contributed by atoms with van der Waals surface area (Å²) >= 11 is 1.68. The van der Waals surface area contributed by atoms with Gasteiger partial charge in [0, 0.05) is 22.5 Å². The number of phenolic OH excluding ortho intramolecular Hbond substituents is 1. The summed E-state index contributed by atoms with van der Waals surface area (Å²) in [5, 5.41) is 18.4. The van der Waals surface area contributed by atoms with Crippen molar-refractivity contribution in [1.82, 2.24) is 10.3 Å². The molecule has 4 rings (SSSR count). The minimum Gasteiger partial charge on any atom is -0.507 e. The highest BCUT2D eigenvalue weighted by Gasteiger charge is 2.16. The van der Waals surface area contributed by atoms with Gasteiger partial charge in [0.1, 0.15) is 5.75 Å². The van der Waals surface area contributed by atoms with Crippen LogP contribution in [-0.2, 0) is 6.42 Å². The van der Waals surface area contributed by atoms with Gasteiger partial charge in [0.25, 0.3) is 0 Å². The molecule has 0 atom stereocenters. The molecule has 0 unspecified atom stereocenters. The maximum atomic E-state index is 10.7. The summed E-state index contributed by atoms with van der Waals surface area (Å²) < 4.78 is 1.14. The fraction of sp³-hybridized carbons (Fsp3) is 0.227. The first-order chi connectivity index (χ1) is 12.7. The second kappa shape index (κ2) is 7.06. The molecule has 0 amide bonds. The Hall–Kier alpha value is -2.43. The van der Waals surface area contributed by atoms with Crippen molar-refractivity contribution in [2.75, 3.05) is 13.1 Å². The number of aromatic hydroxyl groups is 1. The van der Waals surface area contributed by atoms with Gasteiger partial charge in [-0.05, 0) is 60.6 Å². The van der Waals surface area contributed by atoms with Crippen LogP contribution in [0.4, 0.5) is 0 Å². The zero-order chi connectivity index (χ0) is 18.1. The molecule has 0 radical (unpaired) electrons. The molecule has 2 heterocycles. The number of likely N-dealkylation sites (N-methyl/N-ethyl adjacent to an activating group) is 1. The van der Waals surface area contributed by atoms with Gasteiger partial charge in [-0.2, -0.15) is 0 Å². The van der Waals surface area contributed by atoms with Gasteiger partial charge in [0.05, 0.1) is 10.2 Å². The number of aromatic nitrogens is 1. The lowest BCUT2D eigenvalue weighted by atomic mass is 9.94. The molecule has 26 heavy (non-hydrogen) atoms. The van der Waals surface area contributed by atoms with Gasteiger partial charge in [-0.25, -0.2) is 0 Å². The van der Waals surface area contributed by atoms with E-state index in [1.807, 2.05) is 19.2 Å². The number of thiophene rings is 1. The zero-order valence-electron chi connectivity index (χ0n) is 15.0. The van der Waals surface area contributed by atoms with Crippen molar-refractivity contribution in [3.63, 3.8) is 0 Å². The van der Waals surface area contributed by atoms with Crippen molar-refractivity contribution in [2.24, 2.45) is 0 Å². The van der Waals surface area contributed by atoms with Gasteiger partial charge in [-0.1, -0.05) is 31.2 Å². The average molecular weight is 362 g/mol. The minimum absolute atomic E-state index is 0.316. The molecule has 0 aliphatic carbocycles. The van der Waals surface area contributed by atoms with E-state index in [1.54, 1.807) is 11.3 Å². The minimum atomic E-state index is 0.316. The van der Waals surface area contributed by atoms with E-state index in [4.69, 9.17) is 0 Å². The van der Waals surface area contributed by atoms with Crippen molar-refractivity contribution in [2.45, 2.75) is 20.3 Å². The molecule has 4 aromatic rings. The second-order valence-electron chi connectivity index (χ2n) is 6.57. The topological polar surface area (TPSA) is 45.1 Å². The summed E-state index contributed by atoms with van der Waals surface area (Å²) in [6.07, 6.45) is 2.94. The summed E-state index contributed by atoms with van der Waals surface area (Å²) in [5.41, 5.74) is 5.15. The first-order valence-corrected chi connectivity index (χ1v) is 9.85. The van der Waals surface area contributed by atoms with E-state index >= 15 is 0 Å². The quantitative estimate of drug-likeness (QED) is 0.475. The molecule has 132 valence electrons. The van der Waals surface area contributed by atoms with Crippen molar-refractivity contribution >= 4 is 32.3 Å². The number of nitrogens with zero attached hydrogens (tertiary/aromatic N) is 1. The largest absolute Gasteiger partial charge is 0.507 e. The van der Waals surface area contributed by atoms with Crippen molar-refractivity contribution in [3.05, 3.63) is 59.1 Å². The summed E-state index contributed by atoms with van der Waals surface area (Å²) in [6, 6.07) is 12.5. The average Bonchev–Trinajstić information content (AvgIpc) is 3.12. The summed E-state index contributed by atoms with van der Waals surface area (Å²) in [4.78, 5) is 4.67. The number of hydrogen-bond acceptors (Lipinski definition) is 4. The number of hydrogen-bond donors (Lipinski definition) is 2. The van der Waals surface area contributed by atoms with Crippen molar-refractivity contribution in [3.8, 4) is 16.9 Å². The fourth-order valence-electron chi connectivity index (χ4n) is 3.51. The molecule has 0 fully saturated rings. The number of fused-ring (bicyclic) bond motifs is 3. The third-order valence-electron chi connectivity index (χ3n) is 4.83. The van der Waals surface area contributed by atoms with Crippen LogP contribution in [0.15, 0.2) is 48.0 Å². The summed E-state index contributed by atoms with van der Waals surface area (Å²) in [7, 11) is 0. The van der Waals surface area contributed by atoms with E-state index in [0.717, 1.165) is 57.2 Å². The Morgan fingerprint density at radius 3 is 2.73 bits per heavy atom. The van der Waals surface area contributed by atoms with Gasteiger partial charge < -0.3 is 10.4 Å². The van der Waals surface area contributed by atoms with Crippen LogP contribution in [0.3, 0.4) is 0 Å². The predicted octanol–water partition coefficient (Wildman–Crippen LogP) is 5.28. The first-order valence-electron chi connectivity index (χ1n) is 8.97. The maximum Gasteiger partial charge on any atom is 0.124 e. The predicted molar refractivity (Wildman–Crippen MR) is 111 cm³/mol. The second-order valence-corrected chi connectivity index (χ2v) is 7.52. The molecular weight excluding hydrogens is 340 g/mol. The normalized spacial score (nSPS) is 11.5. The SMILES string of the molecule is CCNCCc1ccc(-c2c(O)cc(C)c3ncc4sccc4c23)cc1. The highest BCUT2D eigenvalue weighted by molar-refractivity contribution is 7.17. The molecule has 0 aliphatic rings. The Labute approximate surface area is 157 Å². The third kappa shape index (κ3) is 2.96. The monoisotopic (exact) mass is 362 g/mol. The van der Waals surface area contributed by atoms with Crippen LogP contribution >= 0.6 is 11.3 Å². The van der Waals surface area contributed by atoms with Gasteiger partial charge in [0.15, 0.2) is 0 Å². The van der Waals surface area contributed by atoms with Crippen LogP contribution in [0.2, 0.25) is 0 Å². The van der Waals surface area contributed by atoms with Crippen LogP contribution in [-0.4, -0.2) is 23.2 Å². The third-order valence-corrected chi connectivity index (χ3v) is 5.68. The highest BCUT2D eigenvalue weighted by atomic mass is 32.1. The number of benzene rings is 2. The molecule has 0 spiro atoms. The van der Waals surface area contributed by atoms with Gasteiger partial charge >= 0.3 is 0 Å². The number of phenols is 1. The van der Waals surface area contributed by atoms with Crippen LogP contribution < -0.4 is 5.32 Å². The van der Waals surface area contributed by atoms with Crippen molar-refractivity contribution in [1.29, 1.82) is 0 Å². The van der Waals surface area contributed by atoms with Crippen LogP contribution in [0.1, 0.15) is 18.1 Å². The van der Waals surface area contributed by atoms with Crippen molar-refractivity contribution < 1.29 is 5.11 Å². The van der Waals surface area contributed by atoms with E-state index in [-0.39, 0.29) is 0 Å². The van der Waals surface area contributed by atoms with E-state index in [9.17, 15) is 5.11 Å². The Morgan fingerprint density at radius 1 is 1.15 bits per heavy atom. The maximum absolute atomic E-state index is 10.7. The molecule has 4 heteroatoms. The summed E-state index contributed by atoms with van der Waals surface area (Å²) in [5.74, 6) is 0.316. The molecular formula is C22H22N2OS. The lowest BCUT2D eigenvalue weighted by Crippen LogP contribution is -2.15. The summed E-state index contributed by atoms with van der Waals surface area (Å²) in [6.45, 7) is 6.09. The first kappa shape index (κ1) is 17.0. The molecule has 2 N–H and O–H groups in total.